The number of hydrogen-bond acceptors (Lipinski definition) is 5. The van der Waals surface area contributed by atoms with Gasteiger partial charge in [0.25, 0.3) is 0 Å². The van der Waals surface area contributed by atoms with Gasteiger partial charge in [0.1, 0.15) is 6.61 Å². The van der Waals surface area contributed by atoms with E-state index in [1.54, 1.807) is 0 Å². The van der Waals surface area contributed by atoms with Crippen molar-refractivity contribution in [1.29, 1.82) is 0 Å². The first-order chi connectivity index (χ1) is 8.30. The van der Waals surface area contributed by atoms with Gasteiger partial charge in [-0.2, -0.15) is 4.98 Å². The Bertz CT molecular complexity index is 345. The minimum absolute atomic E-state index is 0.0377. The van der Waals surface area contributed by atoms with E-state index in [1.807, 2.05) is 0 Å². The molecule has 1 aliphatic rings. The zero-order chi connectivity index (χ0) is 12.1. The molecular formula is C12H21N3O2. The van der Waals surface area contributed by atoms with E-state index in [0.29, 0.717) is 12.4 Å². The van der Waals surface area contributed by atoms with Crippen LogP contribution < -0.4 is 5.32 Å². The maximum atomic E-state index is 5.41. The Labute approximate surface area is 102 Å². The van der Waals surface area contributed by atoms with E-state index >= 15 is 0 Å². The standard InChI is InChI=1S/C12H21N3O2/c1-3-7-16-8-10-14-11(17-15-10)12(4-2)5-6-13-9-12/h13H,3-9H2,1-2H3. The van der Waals surface area contributed by atoms with Gasteiger partial charge in [0.2, 0.25) is 5.89 Å². The van der Waals surface area contributed by atoms with Gasteiger partial charge in [0.05, 0.1) is 5.41 Å². The van der Waals surface area contributed by atoms with Crippen LogP contribution in [0.1, 0.15) is 44.8 Å². The second-order valence-corrected chi connectivity index (χ2v) is 4.63. The van der Waals surface area contributed by atoms with Gasteiger partial charge in [-0.3, -0.25) is 0 Å². The van der Waals surface area contributed by atoms with Crippen molar-refractivity contribution in [2.45, 2.75) is 45.1 Å². The summed E-state index contributed by atoms with van der Waals surface area (Å²) in [5, 5.41) is 7.35. The Hall–Kier alpha value is -0.940. The van der Waals surface area contributed by atoms with Crippen molar-refractivity contribution in [2.24, 2.45) is 0 Å². The topological polar surface area (TPSA) is 60.2 Å². The smallest absolute Gasteiger partial charge is 0.234 e. The number of ether oxygens (including phenoxy) is 1. The molecule has 2 heterocycles. The second kappa shape index (κ2) is 5.60. The Morgan fingerprint density at radius 3 is 3.00 bits per heavy atom. The maximum absolute atomic E-state index is 5.41. The third-order valence-corrected chi connectivity index (χ3v) is 3.42. The SMILES string of the molecule is CCCOCc1noc(C2(CC)CCNC2)n1. The van der Waals surface area contributed by atoms with Crippen molar-refractivity contribution in [3.8, 4) is 0 Å². The van der Waals surface area contributed by atoms with Crippen LogP contribution in [0.5, 0.6) is 0 Å². The summed E-state index contributed by atoms with van der Waals surface area (Å²) in [5.41, 5.74) is 0.0377. The Kier molecular flexibility index (Phi) is 4.12. The lowest BCUT2D eigenvalue weighted by molar-refractivity contribution is 0.114. The molecule has 96 valence electrons. The van der Waals surface area contributed by atoms with Crippen molar-refractivity contribution in [3.63, 3.8) is 0 Å². The zero-order valence-corrected chi connectivity index (χ0v) is 10.7. The Morgan fingerprint density at radius 2 is 2.35 bits per heavy atom. The van der Waals surface area contributed by atoms with E-state index in [9.17, 15) is 0 Å². The first-order valence-electron chi connectivity index (χ1n) is 6.42. The molecule has 17 heavy (non-hydrogen) atoms. The highest BCUT2D eigenvalue weighted by molar-refractivity contribution is 5.09. The van der Waals surface area contributed by atoms with Crippen LogP contribution in [-0.4, -0.2) is 29.8 Å². The van der Waals surface area contributed by atoms with Gasteiger partial charge < -0.3 is 14.6 Å². The molecule has 1 unspecified atom stereocenters. The lowest BCUT2D eigenvalue weighted by atomic mass is 9.84. The fourth-order valence-electron chi connectivity index (χ4n) is 2.22. The van der Waals surface area contributed by atoms with E-state index < -0.39 is 0 Å². The molecule has 2 rings (SSSR count). The van der Waals surface area contributed by atoms with Crippen molar-refractivity contribution in [1.82, 2.24) is 15.5 Å². The number of nitrogens with zero attached hydrogens (tertiary/aromatic N) is 2. The van der Waals surface area contributed by atoms with Crippen LogP contribution in [0, 0.1) is 0 Å². The number of hydrogen-bond donors (Lipinski definition) is 1. The largest absolute Gasteiger partial charge is 0.373 e. The van der Waals surface area contributed by atoms with Crippen LogP contribution >= 0.6 is 0 Å². The zero-order valence-electron chi connectivity index (χ0n) is 10.7. The lowest BCUT2D eigenvalue weighted by Gasteiger charge is -2.20. The van der Waals surface area contributed by atoms with Crippen LogP contribution in [0.3, 0.4) is 0 Å². The van der Waals surface area contributed by atoms with Gasteiger partial charge >= 0.3 is 0 Å². The molecule has 1 aliphatic heterocycles. The summed E-state index contributed by atoms with van der Waals surface area (Å²) >= 11 is 0. The van der Waals surface area contributed by atoms with E-state index in [-0.39, 0.29) is 5.41 Å². The van der Waals surface area contributed by atoms with E-state index in [1.165, 1.54) is 0 Å². The van der Waals surface area contributed by atoms with Gasteiger partial charge in [0, 0.05) is 13.2 Å². The van der Waals surface area contributed by atoms with Crippen LogP contribution in [-0.2, 0) is 16.8 Å². The maximum Gasteiger partial charge on any atom is 0.234 e. The molecule has 0 radical (unpaired) electrons. The molecule has 0 saturated carbocycles. The molecule has 0 bridgehead atoms. The van der Waals surface area contributed by atoms with Gasteiger partial charge in [-0.1, -0.05) is 19.0 Å². The number of rotatable bonds is 6. The summed E-state index contributed by atoms with van der Waals surface area (Å²) in [4.78, 5) is 4.46. The van der Waals surface area contributed by atoms with E-state index in [2.05, 4.69) is 29.3 Å². The number of nitrogens with one attached hydrogen (secondary N) is 1. The average molecular weight is 239 g/mol. The monoisotopic (exact) mass is 239 g/mol. The van der Waals surface area contributed by atoms with Crippen LogP contribution in [0.4, 0.5) is 0 Å². The fraction of sp³-hybridized carbons (Fsp3) is 0.833. The third kappa shape index (κ3) is 2.66. The minimum Gasteiger partial charge on any atom is -0.373 e. The molecule has 0 amide bonds. The van der Waals surface area contributed by atoms with Crippen molar-refractivity contribution in [2.75, 3.05) is 19.7 Å². The van der Waals surface area contributed by atoms with Crippen LogP contribution in [0.2, 0.25) is 0 Å². The van der Waals surface area contributed by atoms with Crippen molar-refractivity contribution < 1.29 is 9.26 Å². The van der Waals surface area contributed by atoms with E-state index in [0.717, 1.165) is 44.8 Å². The quantitative estimate of drug-likeness (QED) is 0.765. The minimum atomic E-state index is 0.0377. The third-order valence-electron chi connectivity index (χ3n) is 3.42. The first kappa shape index (κ1) is 12.5. The summed E-state index contributed by atoms with van der Waals surface area (Å²) in [6, 6.07) is 0. The fourth-order valence-corrected chi connectivity index (χ4v) is 2.22. The molecule has 1 fully saturated rings. The summed E-state index contributed by atoms with van der Waals surface area (Å²) in [6.07, 6.45) is 3.10. The summed E-state index contributed by atoms with van der Waals surface area (Å²) in [6.45, 7) is 7.40. The average Bonchev–Trinajstić information content (AvgIpc) is 2.98. The highest BCUT2D eigenvalue weighted by Crippen LogP contribution is 2.32. The van der Waals surface area contributed by atoms with Crippen molar-refractivity contribution in [3.05, 3.63) is 11.7 Å². The molecule has 1 aromatic rings. The molecule has 1 N–H and O–H groups in total. The van der Waals surface area contributed by atoms with E-state index in [4.69, 9.17) is 9.26 Å². The predicted octanol–water partition coefficient (Wildman–Crippen LogP) is 1.64. The predicted molar refractivity (Wildman–Crippen MR) is 63.7 cm³/mol. The highest BCUT2D eigenvalue weighted by Gasteiger charge is 2.39. The molecule has 0 aromatic carbocycles. The molecule has 0 spiro atoms. The molecular weight excluding hydrogens is 218 g/mol. The lowest BCUT2D eigenvalue weighted by Crippen LogP contribution is -2.28. The van der Waals surface area contributed by atoms with Crippen molar-refractivity contribution >= 4 is 0 Å². The second-order valence-electron chi connectivity index (χ2n) is 4.63. The van der Waals surface area contributed by atoms with Gasteiger partial charge in [-0.15, -0.1) is 0 Å². The summed E-state index contributed by atoms with van der Waals surface area (Å²) < 4.78 is 10.8. The molecule has 1 atom stereocenters. The van der Waals surface area contributed by atoms with Crippen LogP contribution in [0.25, 0.3) is 0 Å². The molecule has 5 heteroatoms. The highest BCUT2D eigenvalue weighted by atomic mass is 16.5. The molecule has 5 nitrogen and oxygen atoms in total. The Morgan fingerprint density at radius 1 is 1.47 bits per heavy atom. The summed E-state index contributed by atoms with van der Waals surface area (Å²) in [7, 11) is 0. The number of aromatic nitrogens is 2. The Balaban J connectivity index is 2.01. The van der Waals surface area contributed by atoms with Gasteiger partial charge in [-0.05, 0) is 25.8 Å². The van der Waals surface area contributed by atoms with Gasteiger partial charge in [-0.25, -0.2) is 0 Å². The van der Waals surface area contributed by atoms with Gasteiger partial charge in [0.15, 0.2) is 5.82 Å². The summed E-state index contributed by atoms with van der Waals surface area (Å²) in [5.74, 6) is 1.42. The molecule has 1 aromatic heterocycles. The van der Waals surface area contributed by atoms with Crippen LogP contribution in [0.15, 0.2) is 4.52 Å². The first-order valence-corrected chi connectivity index (χ1v) is 6.42. The normalized spacial score (nSPS) is 24.4. The molecule has 0 aliphatic carbocycles. The molecule has 1 saturated heterocycles.